The molecule has 2 aromatic rings. The number of nitro benzene ring substituents is 1. The summed E-state index contributed by atoms with van der Waals surface area (Å²) in [6, 6.07) is 8.08. The average Bonchev–Trinajstić information content (AvgIpc) is 2.92. The molecule has 2 aromatic carbocycles. The van der Waals surface area contributed by atoms with E-state index in [1.807, 2.05) is 0 Å². The lowest BCUT2D eigenvalue weighted by Crippen LogP contribution is -2.21. The largest absolute Gasteiger partial charge is 0.489 e. The van der Waals surface area contributed by atoms with E-state index in [2.05, 4.69) is 5.32 Å². The van der Waals surface area contributed by atoms with Crippen LogP contribution < -0.4 is 14.8 Å². The molecule has 0 aliphatic carbocycles. The summed E-state index contributed by atoms with van der Waals surface area (Å²) < 4.78 is 16.0. The number of esters is 1. The predicted octanol–water partition coefficient (Wildman–Crippen LogP) is 3.21. The van der Waals surface area contributed by atoms with Crippen molar-refractivity contribution in [2.75, 3.05) is 25.1 Å². The first-order valence-corrected chi connectivity index (χ1v) is 8.62. The highest BCUT2D eigenvalue weighted by molar-refractivity contribution is 6.32. The summed E-state index contributed by atoms with van der Waals surface area (Å²) in [6.07, 6.45) is 0.688. The second-order valence-electron chi connectivity index (χ2n) is 5.76. The molecule has 9 nitrogen and oxygen atoms in total. The van der Waals surface area contributed by atoms with Gasteiger partial charge in [0.25, 0.3) is 11.6 Å². The predicted molar refractivity (Wildman–Crippen MR) is 99.1 cm³/mol. The Morgan fingerprint density at radius 1 is 1.18 bits per heavy atom. The standard InChI is InChI=1S/C18H15ClN2O7/c19-14-8-11(9-15-17(14)27-7-1-6-26-15)18(23)28-10-16(22)20-12-2-4-13(5-3-12)21(24)25/h2-5,8-9H,1,6-7,10H2,(H,20,22). The Bertz CT molecular complexity index is 915. The molecule has 0 radical (unpaired) electrons. The molecule has 0 atom stereocenters. The highest BCUT2D eigenvalue weighted by Gasteiger charge is 2.20. The number of nitro groups is 1. The van der Waals surface area contributed by atoms with E-state index in [-0.39, 0.29) is 16.3 Å². The molecular formula is C18H15ClN2O7. The minimum atomic E-state index is -0.753. The zero-order chi connectivity index (χ0) is 20.1. The maximum absolute atomic E-state index is 12.2. The minimum absolute atomic E-state index is 0.101. The number of fused-ring (bicyclic) bond motifs is 1. The van der Waals surface area contributed by atoms with E-state index in [1.165, 1.54) is 36.4 Å². The lowest BCUT2D eigenvalue weighted by molar-refractivity contribution is -0.384. The van der Waals surface area contributed by atoms with Crippen LogP contribution in [-0.4, -0.2) is 36.6 Å². The first-order valence-electron chi connectivity index (χ1n) is 8.24. The summed E-state index contributed by atoms with van der Waals surface area (Å²) in [5.41, 5.74) is 0.360. The highest BCUT2D eigenvalue weighted by atomic mass is 35.5. The maximum atomic E-state index is 12.2. The van der Waals surface area contributed by atoms with E-state index < -0.39 is 23.4 Å². The molecule has 1 aliphatic heterocycles. The third kappa shape index (κ3) is 4.68. The number of benzene rings is 2. The van der Waals surface area contributed by atoms with Gasteiger partial charge in [-0.3, -0.25) is 14.9 Å². The molecule has 0 fully saturated rings. The smallest absolute Gasteiger partial charge is 0.338 e. The molecular weight excluding hydrogens is 392 g/mol. The molecule has 10 heteroatoms. The van der Waals surface area contributed by atoms with Gasteiger partial charge < -0.3 is 19.5 Å². The summed E-state index contributed by atoms with van der Waals surface area (Å²) in [6.45, 7) is 0.348. The van der Waals surface area contributed by atoms with Gasteiger partial charge in [-0.15, -0.1) is 0 Å². The second kappa shape index (κ2) is 8.57. The number of non-ortho nitro benzene ring substituents is 1. The topological polar surface area (TPSA) is 117 Å². The van der Waals surface area contributed by atoms with Crippen molar-refractivity contribution < 1.29 is 28.7 Å². The number of hydrogen-bond donors (Lipinski definition) is 1. The number of nitrogens with one attached hydrogen (secondary N) is 1. The molecule has 0 bridgehead atoms. The normalized spacial score (nSPS) is 12.6. The molecule has 146 valence electrons. The van der Waals surface area contributed by atoms with Crippen LogP contribution in [0.15, 0.2) is 36.4 Å². The summed E-state index contributed by atoms with van der Waals surface area (Å²) in [5.74, 6) is -0.641. The maximum Gasteiger partial charge on any atom is 0.338 e. The van der Waals surface area contributed by atoms with Crippen molar-refractivity contribution in [1.82, 2.24) is 0 Å². The molecule has 3 rings (SSSR count). The van der Waals surface area contributed by atoms with Crippen LogP contribution in [0.5, 0.6) is 11.5 Å². The van der Waals surface area contributed by atoms with Crippen molar-refractivity contribution in [3.05, 3.63) is 57.1 Å². The van der Waals surface area contributed by atoms with E-state index in [9.17, 15) is 19.7 Å². The van der Waals surface area contributed by atoms with E-state index in [1.54, 1.807) is 0 Å². The van der Waals surface area contributed by atoms with Gasteiger partial charge in [0.05, 0.1) is 28.7 Å². The van der Waals surface area contributed by atoms with Gasteiger partial charge in [0.15, 0.2) is 18.1 Å². The molecule has 1 heterocycles. The van der Waals surface area contributed by atoms with Crippen LogP contribution in [0.4, 0.5) is 11.4 Å². The zero-order valence-electron chi connectivity index (χ0n) is 14.5. The first-order chi connectivity index (χ1) is 13.4. The van der Waals surface area contributed by atoms with E-state index in [0.29, 0.717) is 36.8 Å². The van der Waals surface area contributed by atoms with Crippen LogP contribution >= 0.6 is 11.6 Å². The molecule has 0 spiro atoms. The van der Waals surface area contributed by atoms with E-state index >= 15 is 0 Å². The number of nitrogens with zero attached hydrogens (tertiary/aromatic N) is 1. The Labute approximate surface area is 164 Å². The molecule has 1 amide bonds. The summed E-state index contributed by atoms with van der Waals surface area (Å²) in [5, 5.41) is 13.3. The molecule has 0 saturated carbocycles. The number of ether oxygens (including phenoxy) is 3. The van der Waals surface area contributed by atoms with Gasteiger partial charge in [-0.25, -0.2) is 4.79 Å². The van der Waals surface area contributed by atoms with Crippen molar-refractivity contribution in [2.24, 2.45) is 0 Å². The number of carbonyl (C=O) groups excluding carboxylic acids is 2. The SMILES string of the molecule is O=C(COC(=O)c1cc(Cl)c2c(c1)OCCCO2)Nc1ccc([N+](=O)[O-])cc1. The Hall–Kier alpha value is -3.33. The molecule has 28 heavy (non-hydrogen) atoms. The zero-order valence-corrected chi connectivity index (χ0v) is 15.2. The quantitative estimate of drug-likeness (QED) is 0.460. The minimum Gasteiger partial charge on any atom is -0.489 e. The van der Waals surface area contributed by atoms with Gasteiger partial charge in [-0.2, -0.15) is 0 Å². The molecule has 1 aliphatic rings. The van der Waals surface area contributed by atoms with Crippen molar-refractivity contribution in [3.8, 4) is 11.5 Å². The van der Waals surface area contributed by atoms with Crippen LogP contribution in [0, 0.1) is 10.1 Å². The number of anilines is 1. The van der Waals surface area contributed by atoms with E-state index in [4.69, 9.17) is 25.8 Å². The van der Waals surface area contributed by atoms with Crippen molar-refractivity contribution in [3.63, 3.8) is 0 Å². The monoisotopic (exact) mass is 406 g/mol. The lowest BCUT2D eigenvalue weighted by atomic mass is 10.2. The van der Waals surface area contributed by atoms with Crippen LogP contribution in [-0.2, 0) is 9.53 Å². The van der Waals surface area contributed by atoms with Crippen molar-refractivity contribution >= 4 is 34.9 Å². The summed E-state index contributed by atoms with van der Waals surface area (Å²) in [7, 11) is 0. The van der Waals surface area contributed by atoms with Gasteiger partial charge in [0, 0.05) is 24.2 Å². The van der Waals surface area contributed by atoms with Crippen molar-refractivity contribution in [2.45, 2.75) is 6.42 Å². The van der Waals surface area contributed by atoms with Gasteiger partial charge in [0.2, 0.25) is 0 Å². The van der Waals surface area contributed by atoms with Gasteiger partial charge in [-0.05, 0) is 24.3 Å². The third-order valence-electron chi connectivity index (χ3n) is 3.73. The molecule has 0 unspecified atom stereocenters. The fraction of sp³-hybridized carbons (Fsp3) is 0.222. The summed E-state index contributed by atoms with van der Waals surface area (Å²) >= 11 is 6.13. The Morgan fingerprint density at radius 2 is 1.89 bits per heavy atom. The highest BCUT2D eigenvalue weighted by Crippen LogP contribution is 2.38. The van der Waals surface area contributed by atoms with Gasteiger partial charge in [-0.1, -0.05) is 11.6 Å². The number of amides is 1. The molecule has 1 N–H and O–H groups in total. The number of carbonyl (C=O) groups is 2. The Morgan fingerprint density at radius 3 is 2.61 bits per heavy atom. The van der Waals surface area contributed by atoms with Crippen molar-refractivity contribution in [1.29, 1.82) is 0 Å². The number of rotatable bonds is 5. The lowest BCUT2D eigenvalue weighted by Gasteiger charge is -2.11. The summed E-state index contributed by atoms with van der Waals surface area (Å²) in [4.78, 5) is 34.2. The third-order valence-corrected chi connectivity index (χ3v) is 4.01. The Kier molecular flexibility index (Phi) is 5.95. The first kappa shape index (κ1) is 19.4. The number of hydrogen-bond acceptors (Lipinski definition) is 7. The second-order valence-corrected chi connectivity index (χ2v) is 6.17. The van der Waals surface area contributed by atoms with Crippen LogP contribution in [0.1, 0.15) is 16.8 Å². The molecule has 0 saturated heterocycles. The Balaban J connectivity index is 1.59. The van der Waals surface area contributed by atoms with Crippen LogP contribution in [0.2, 0.25) is 5.02 Å². The van der Waals surface area contributed by atoms with Gasteiger partial charge >= 0.3 is 5.97 Å². The van der Waals surface area contributed by atoms with Crippen LogP contribution in [0.3, 0.4) is 0 Å². The van der Waals surface area contributed by atoms with Gasteiger partial charge in [0.1, 0.15) is 0 Å². The fourth-order valence-electron chi connectivity index (χ4n) is 2.43. The fourth-order valence-corrected chi connectivity index (χ4v) is 2.69. The molecule has 0 aromatic heterocycles. The number of halogens is 1. The van der Waals surface area contributed by atoms with E-state index in [0.717, 1.165) is 0 Å². The average molecular weight is 407 g/mol. The van der Waals surface area contributed by atoms with Crippen LogP contribution in [0.25, 0.3) is 0 Å².